The van der Waals surface area contributed by atoms with Crippen LogP contribution in [-0.2, 0) is 16.0 Å². The number of methoxy groups -OCH3 is 1. The molecule has 3 heterocycles. The van der Waals surface area contributed by atoms with E-state index in [0.717, 1.165) is 41.1 Å². The Bertz CT molecular complexity index is 1770. The first-order valence-electron chi connectivity index (χ1n) is 16.0. The average Bonchev–Trinajstić information content (AvgIpc) is 3.33. The Balaban J connectivity index is 1.25. The topological polar surface area (TPSA) is 108 Å². The van der Waals surface area contributed by atoms with Crippen molar-refractivity contribution in [2.45, 2.75) is 78.4 Å². The van der Waals surface area contributed by atoms with E-state index in [-0.39, 0.29) is 0 Å². The van der Waals surface area contributed by atoms with E-state index in [0.29, 0.717) is 39.0 Å². The molecular weight excluding hydrogens is 566 g/mol. The normalized spacial score (nSPS) is 23.7. The number of hydrogen-bond acceptors (Lipinski definition) is 8. The molecule has 4 aromatic rings. The summed E-state index contributed by atoms with van der Waals surface area (Å²) in [6.45, 7) is 8.50. The summed E-state index contributed by atoms with van der Waals surface area (Å²) in [7, 11) is 1.39. The molecule has 0 aliphatic heterocycles. The van der Waals surface area contributed by atoms with Crippen LogP contribution in [0.4, 0.5) is 11.5 Å². The maximum Gasteiger partial charge on any atom is 0.342 e. The molecule has 0 amide bonds. The molecule has 3 aromatic heterocycles. The molecule has 0 unspecified atom stereocenters. The quantitative estimate of drug-likeness (QED) is 0.215. The molecule has 8 rings (SSSR count). The third-order valence-corrected chi connectivity index (χ3v) is 10.0. The predicted octanol–water partition coefficient (Wildman–Crippen LogP) is 7.50. The lowest BCUT2D eigenvalue weighted by Crippen LogP contribution is -2.48. The van der Waals surface area contributed by atoms with E-state index >= 15 is 0 Å². The van der Waals surface area contributed by atoms with Gasteiger partial charge in [0, 0.05) is 41.1 Å². The molecule has 0 saturated heterocycles. The molecule has 9 nitrogen and oxygen atoms in total. The van der Waals surface area contributed by atoms with Crippen LogP contribution in [0.15, 0.2) is 48.9 Å². The second-order valence-electron chi connectivity index (χ2n) is 14.5. The van der Waals surface area contributed by atoms with E-state index in [4.69, 9.17) is 14.6 Å². The van der Waals surface area contributed by atoms with E-state index in [9.17, 15) is 9.59 Å². The van der Waals surface area contributed by atoms with Crippen molar-refractivity contribution in [3.05, 3.63) is 65.7 Å². The molecule has 4 saturated carbocycles. The highest BCUT2D eigenvalue weighted by Gasteiger charge is 2.51. The summed E-state index contributed by atoms with van der Waals surface area (Å²) in [5, 5.41) is 8.87. The standard InChI is InChI=1S/C36H41N5O4/c1-21-28(19-39-41(21)20-36-16-22-13-23(17-36)15-24(14-22)18-36)25-8-9-26-29(10-12-37-31(26)30(25)34(43)44-5)40-32-27(7-6-11-38-32)33(42)45-35(2,3)4/h6-12,19,22-24H,13-18,20H2,1-5H3,(H,37,38,40). The molecule has 1 N–H and O–H groups in total. The Hall–Kier alpha value is -4.27. The highest BCUT2D eigenvalue weighted by Crippen LogP contribution is 2.60. The van der Waals surface area contributed by atoms with E-state index in [1.54, 1.807) is 30.6 Å². The number of hydrogen-bond donors (Lipinski definition) is 1. The van der Waals surface area contributed by atoms with Crippen LogP contribution in [0.5, 0.6) is 0 Å². The van der Waals surface area contributed by atoms with Crippen molar-refractivity contribution < 1.29 is 19.1 Å². The van der Waals surface area contributed by atoms with Crippen molar-refractivity contribution in [1.29, 1.82) is 0 Å². The van der Waals surface area contributed by atoms with Gasteiger partial charge in [0.2, 0.25) is 0 Å². The minimum atomic E-state index is -0.652. The summed E-state index contributed by atoms with van der Waals surface area (Å²) < 4.78 is 13.1. The molecule has 45 heavy (non-hydrogen) atoms. The minimum absolute atomic E-state index is 0.310. The van der Waals surface area contributed by atoms with Gasteiger partial charge in [-0.2, -0.15) is 5.10 Å². The zero-order valence-electron chi connectivity index (χ0n) is 26.7. The summed E-state index contributed by atoms with van der Waals surface area (Å²) in [5.41, 5.74) is 4.19. The van der Waals surface area contributed by atoms with Crippen molar-refractivity contribution in [2.75, 3.05) is 12.4 Å². The van der Waals surface area contributed by atoms with Crippen LogP contribution in [0.2, 0.25) is 0 Å². The van der Waals surface area contributed by atoms with Gasteiger partial charge in [-0.15, -0.1) is 0 Å². The molecule has 0 spiro atoms. The highest BCUT2D eigenvalue weighted by atomic mass is 16.6. The fourth-order valence-electron chi connectivity index (χ4n) is 8.66. The Kier molecular flexibility index (Phi) is 7.17. The van der Waals surface area contributed by atoms with E-state index in [2.05, 4.69) is 26.9 Å². The molecule has 0 atom stereocenters. The Morgan fingerprint density at radius 3 is 2.33 bits per heavy atom. The average molecular weight is 608 g/mol. The number of carbonyl (C=O) groups is 2. The molecule has 4 fully saturated rings. The van der Waals surface area contributed by atoms with E-state index < -0.39 is 17.5 Å². The Morgan fingerprint density at radius 1 is 0.956 bits per heavy atom. The van der Waals surface area contributed by atoms with Crippen LogP contribution < -0.4 is 5.32 Å². The molecule has 4 bridgehead atoms. The van der Waals surface area contributed by atoms with Crippen molar-refractivity contribution in [2.24, 2.45) is 23.2 Å². The summed E-state index contributed by atoms with van der Waals surface area (Å²) in [5.74, 6) is 2.02. The molecule has 4 aliphatic rings. The number of esters is 2. The smallest absolute Gasteiger partial charge is 0.342 e. The van der Waals surface area contributed by atoms with Crippen LogP contribution in [0.3, 0.4) is 0 Å². The summed E-state index contributed by atoms with van der Waals surface area (Å²) in [6.07, 6.45) is 13.3. The summed E-state index contributed by atoms with van der Waals surface area (Å²) in [6, 6.07) is 9.05. The molecule has 4 aliphatic carbocycles. The van der Waals surface area contributed by atoms with Gasteiger partial charge in [-0.05, 0) is 108 Å². The number of benzene rings is 1. The lowest BCUT2D eigenvalue weighted by atomic mass is 9.49. The van der Waals surface area contributed by atoms with Crippen molar-refractivity contribution >= 4 is 34.3 Å². The molecule has 0 radical (unpaired) electrons. The summed E-state index contributed by atoms with van der Waals surface area (Å²) >= 11 is 0. The Morgan fingerprint density at radius 2 is 1.67 bits per heavy atom. The van der Waals surface area contributed by atoms with Gasteiger partial charge in [0.05, 0.1) is 30.1 Å². The molecule has 9 heteroatoms. The number of rotatable bonds is 7. The van der Waals surface area contributed by atoms with Crippen LogP contribution >= 0.6 is 0 Å². The number of ether oxygens (including phenoxy) is 2. The number of nitrogens with zero attached hydrogens (tertiary/aromatic N) is 4. The SMILES string of the molecule is COC(=O)c1c(-c2cnn(CC34CC5CC(CC(C5)C3)C4)c2C)ccc2c(Nc3ncccc3C(=O)OC(C)(C)C)ccnc12. The van der Waals surface area contributed by atoms with Gasteiger partial charge in [0.15, 0.2) is 0 Å². The number of nitrogens with one attached hydrogen (secondary N) is 1. The third kappa shape index (κ3) is 5.47. The first-order valence-corrected chi connectivity index (χ1v) is 16.0. The van der Waals surface area contributed by atoms with Gasteiger partial charge < -0.3 is 14.8 Å². The zero-order chi connectivity index (χ0) is 31.5. The van der Waals surface area contributed by atoms with E-state index in [1.807, 2.05) is 39.1 Å². The van der Waals surface area contributed by atoms with E-state index in [1.165, 1.54) is 45.6 Å². The van der Waals surface area contributed by atoms with Gasteiger partial charge in [-0.25, -0.2) is 14.6 Å². The van der Waals surface area contributed by atoms with Crippen LogP contribution in [0, 0.1) is 30.1 Å². The first kappa shape index (κ1) is 29.4. The molecular formula is C36H41N5O4. The van der Waals surface area contributed by atoms with Crippen molar-refractivity contribution in [3.63, 3.8) is 0 Å². The van der Waals surface area contributed by atoms with Gasteiger partial charge in [0.1, 0.15) is 17.0 Å². The lowest BCUT2D eigenvalue weighted by Gasteiger charge is -2.56. The number of anilines is 2. The van der Waals surface area contributed by atoms with Gasteiger partial charge in [-0.3, -0.25) is 9.67 Å². The fraction of sp³-hybridized carbons (Fsp3) is 0.472. The first-order chi connectivity index (χ1) is 21.5. The molecule has 234 valence electrons. The van der Waals surface area contributed by atoms with Crippen molar-refractivity contribution in [3.8, 4) is 11.1 Å². The zero-order valence-corrected chi connectivity index (χ0v) is 26.7. The van der Waals surface area contributed by atoms with Crippen molar-refractivity contribution in [1.82, 2.24) is 19.7 Å². The molecule has 1 aromatic carbocycles. The van der Waals surface area contributed by atoms with Crippen LogP contribution in [0.1, 0.15) is 85.7 Å². The van der Waals surface area contributed by atoms with Gasteiger partial charge in [-0.1, -0.05) is 12.1 Å². The number of carbonyl (C=O) groups excluding carboxylic acids is 2. The third-order valence-electron chi connectivity index (χ3n) is 10.0. The Labute approximate surface area is 263 Å². The maximum atomic E-state index is 13.4. The second kappa shape index (κ2) is 11.0. The number of pyridine rings is 2. The minimum Gasteiger partial charge on any atom is -0.465 e. The van der Waals surface area contributed by atoms with Crippen LogP contribution in [0.25, 0.3) is 22.0 Å². The largest absolute Gasteiger partial charge is 0.465 e. The maximum absolute atomic E-state index is 13.4. The monoisotopic (exact) mass is 607 g/mol. The van der Waals surface area contributed by atoms with Gasteiger partial charge in [0.25, 0.3) is 0 Å². The number of aromatic nitrogens is 4. The lowest BCUT2D eigenvalue weighted by molar-refractivity contribution is -0.0638. The van der Waals surface area contributed by atoms with Crippen LogP contribution in [-0.4, -0.2) is 44.4 Å². The highest BCUT2D eigenvalue weighted by molar-refractivity contribution is 6.11. The van der Waals surface area contributed by atoms with Gasteiger partial charge >= 0.3 is 11.9 Å². The number of fused-ring (bicyclic) bond motifs is 1. The summed E-state index contributed by atoms with van der Waals surface area (Å²) in [4.78, 5) is 35.4. The fourth-order valence-corrected chi connectivity index (χ4v) is 8.66. The predicted molar refractivity (Wildman–Crippen MR) is 172 cm³/mol. The second-order valence-corrected chi connectivity index (χ2v) is 14.5.